The molecule has 3 saturated carbocycles. The molecule has 2 nitrogen and oxygen atoms in total. The van der Waals surface area contributed by atoms with Crippen molar-refractivity contribution in [2.75, 3.05) is 6.61 Å². The van der Waals surface area contributed by atoms with E-state index in [0.717, 1.165) is 6.42 Å². The van der Waals surface area contributed by atoms with Gasteiger partial charge in [0.25, 0.3) is 0 Å². The number of aliphatic hydroxyl groups is 1. The summed E-state index contributed by atoms with van der Waals surface area (Å²) in [5.74, 6) is 1.29. The van der Waals surface area contributed by atoms with Crippen LogP contribution in [-0.4, -0.2) is 17.5 Å². The Morgan fingerprint density at radius 1 is 1.58 bits per heavy atom. The van der Waals surface area contributed by atoms with Crippen molar-refractivity contribution in [2.24, 2.45) is 23.2 Å². The lowest BCUT2D eigenvalue weighted by molar-refractivity contribution is -0.158. The number of rotatable bonds is 1. The predicted molar refractivity (Wildman–Crippen MR) is 45.6 cm³/mol. The van der Waals surface area contributed by atoms with Crippen molar-refractivity contribution in [3.63, 3.8) is 0 Å². The number of Topliss-reactive ketones (excluding diaryl/α,β-unsaturated/α-hetero) is 1. The van der Waals surface area contributed by atoms with Gasteiger partial charge in [0.1, 0.15) is 5.78 Å². The van der Waals surface area contributed by atoms with Crippen molar-refractivity contribution in [3.8, 4) is 0 Å². The zero-order chi connectivity index (χ0) is 8.93. The van der Waals surface area contributed by atoms with E-state index in [9.17, 15) is 4.79 Å². The molecule has 12 heavy (non-hydrogen) atoms. The maximum Gasteiger partial charge on any atom is 0.138 e. The molecule has 3 aliphatic rings. The second-order valence-electron chi connectivity index (χ2n) is 4.82. The van der Waals surface area contributed by atoms with Crippen LogP contribution in [0.25, 0.3) is 0 Å². The molecule has 0 aromatic rings. The average Bonchev–Trinajstić information content (AvgIpc) is 2.03. The van der Waals surface area contributed by atoms with Gasteiger partial charge in [-0.1, -0.05) is 13.8 Å². The minimum atomic E-state index is -0.0509. The second-order valence-corrected chi connectivity index (χ2v) is 4.82. The van der Waals surface area contributed by atoms with Crippen LogP contribution in [0.1, 0.15) is 26.7 Å². The van der Waals surface area contributed by atoms with E-state index < -0.39 is 0 Å². The van der Waals surface area contributed by atoms with Gasteiger partial charge >= 0.3 is 0 Å². The molecule has 1 N–H and O–H groups in total. The van der Waals surface area contributed by atoms with Crippen molar-refractivity contribution in [1.82, 2.24) is 0 Å². The maximum atomic E-state index is 11.4. The molecule has 3 fully saturated rings. The zero-order valence-corrected chi connectivity index (χ0v) is 7.71. The van der Waals surface area contributed by atoms with Gasteiger partial charge in [0.15, 0.2) is 0 Å². The van der Waals surface area contributed by atoms with Crippen molar-refractivity contribution < 1.29 is 9.90 Å². The number of carbonyl (C=O) groups excluding carboxylic acids is 1. The van der Waals surface area contributed by atoms with Crippen LogP contribution in [-0.2, 0) is 4.79 Å². The summed E-state index contributed by atoms with van der Waals surface area (Å²) in [4.78, 5) is 11.4. The van der Waals surface area contributed by atoms with Gasteiger partial charge in [-0.25, -0.2) is 0 Å². The third-order valence-electron chi connectivity index (χ3n) is 4.09. The van der Waals surface area contributed by atoms with E-state index in [-0.39, 0.29) is 18.3 Å². The number of carbonyl (C=O) groups is 1. The molecule has 0 amide bonds. The first-order valence-corrected chi connectivity index (χ1v) is 4.71. The Labute approximate surface area is 73.0 Å². The summed E-state index contributed by atoms with van der Waals surface area (Å²) < 4.78 is 0. The lowest BCUT2D eigenvalue weighted by Crippen LogP contribution is -2.56. The molecular weight excluding hydrogens is 152 g/mol. The summed E-state index contributed by atoms with van der Waals surface area (Å²) in [6.45, 7) is 4.50. The Balaban J connectivity index is 2.20. The van der Waals surface area contributed by atoms with Gasteiger partial charge < -0.3 is 5.11 Å². The van der Waals surface area contributed by atoms with Crippen molar-refractivity contribution in [2.45, 2.75) is 26.7 Å². The molecule has 68 valence electrons. The normalized spacial score (nSPS) is 43.9. The van der Waals surface area contributed by atoms with Crippen LogP contribution in [0.2, 0.25) is 0 Å². The Morgan fingerprint density at radius 3 is 2.67 bits per heavy atom. The van der Waals surface area contributed by atoms with Crippen LogP contribution in [0.5, 0.6) is 0 Å². The number of aliphatic hydroxyl groups excluding tert-OH is 1. The van der Waals surface area contributed by atoms with Crippen LogP contribution in [0.3, 0.4) is 0 Å². The first-order chi connectivity index (χ1) is 5.57. The maximum absolute atomic E-state index is 11.4. The van der Waals surface area contributed by atoms with Crippen LogP contribution in [0, 0.1) is 23.2 Å². The zero-order valence-electron chi connectivity index (χ0n) is 7.71. The molecule has 3 atom stereocenters. The number of hydrogen-bond acceptors (Lipinski definition) is 2. The predicted octanol–water partition coefficient (Wildman–Crippen LogP) is 1.23. The van der Waals surface area contributed by atoms with Gasteiger partial charge in [0.2, 0.25) is 0 Å². The van der Waals surface area contributed by atoms with Crippen LogP contribution >= 0.6 is 0 Å². The molecule has 0 spiro atoms. The SMILES string of the molecule is CC1(C)[C@H]2CC(=O)[C@H](CO)[C@@H]1C2. The Hall–Kier alpha value is -0.370. The van der Waals surface area contributed by atoms with E-state index in [1.54, 1.807) is 0 Å². The first-order valence-electron chi connectivity index (χ1n) is 4.71. The Kier molecular flexibility index (Phi) is 1.59. The quantitative estimate of drug-likeness (QED) is 0.639. The molecule has 0 aromatic heterocycles. The largest absolute Gasteiger partial charge is 0.396 e. The summed E-state index contributed by atoms with van der Waals surface area (Å²) >= 11 is 0. The fourth-order valence-electron chi connectivity index (χ4n) is 2.93. The van der Waals surface area contributed by atoms with Crippen LogP contribution in [0.4, 0.5) is 0 Å². The number of hydrogen-bond donors (Lipinski definition) is 1. The van der Waals surface area contributed by atoms with E-state index in [4.69, 9.17) is 5.11 Å². The van der Waals surface area contributed by atoms with Gasteiger partial charge in [-0.3, -0.25) is 4.79 Å². The molecule has 3 rings (SSSR count). The van der Waals surface area contributed by atoms with E-state index in [2.05, 4.69) is 13.8 Å². The third kappa shape index (κ3) is 0.817. The molecule has 2 bridgehead atoms. The van der Waals surface area contributed by atoms with E-state index in [1.807, 2.05) is 0 Å². The minimum absolute atomic E-state index is 0.0509. The highest BCUT2D eigenvalue weighted by Gasteiger charge is 2.57. The summed E-state index contributed by atoms with van der Waals surface area (Å²) in [5.41, 5.74) is 0.307. The van der Waals surface area contributed by atoms with E-state index in [0.29, 0.717) is 23.7 Å². The highest BCUT2D eigenvalue weighted by Crippen LogP contribution is 2.59. The summed E-state index contributed by atoms with van der Waals surface area (Å²) in [6.07, 6.45) is 1.86. The molecule has 0 unspecified atom stereocenters. The highest BCUT2D eigenvalue weighted by molar-refractivity contribution is 5.83. The highest BCUT2D eigenvalue weighted by atomic mass is 16.3. The van der Waals surface area contributed by atoms with E-state index >= 15 is 0 Å². The lowest BCUT2D eigenvalue weighted by Gasteiger charge is -2.58. The molecule has 0 heterocycles. The monoisotopic (exact) mass is 168 g/mol. The second kappa shape index (κ2) is 2.32. The fraction of sp³-hybridized carbons (Fsp3) is 0.900. The van der Waals surface area contributed by atoms with Crippen molar-refractivity contribution >= 4 is 5.78 Å². The Morgan fingerprint density at radius 2 is 2.25 bits per heavy atom. The van der Waals surface area contributed by atoms with Crippen molar-refractivity contribution in [3.05, 3.63) is 0 Å². The molecule has 0 aliphatic heterocycles. The van der Waals surface area contributed by atoms with E-state index in [1.165, 1.54) is 0 Å². The van der Waals surface area contributed by atoms with Gasteiger partial charge in [0.05, 0.1) is 6.61 Å². The summed E-state index contributed by atoms with van der Waals surface area (Å²) in [6, 6.07) is 0. The smallest absolute Gasteiger partial charge is 0.138 e. The molecule has 2 heteroatoms. The molecule has 0 radical (unpaired) electrons. The summed E-state index contributed by atoms with van der Waals surface area (Å²) in [7, 11) is 0. The number of ketones is 1. The molecule has 3 aliphatic carbocycles. The standard InChI is InChI=1S/C10H16O2/c1-10(2)6-3-8(10)7(5-11)9(12)4-6/h6-8,11H,3-5H2,1-2H3/t6-,7-,8+/m1/s1. The molecule has 0 aromatic carbocycles. The Bertz CT molecular complexity index is 220. The van der Waals surface area contributed by atoms with Gasteiger partial charge in [0, 0.05) is 12.3 Å². The first kappa shape index (κ1) is 8.24. The minimum Gasteiger partial charge on any atom is -0.396 e. The van der Waals surface area contributed by atoms with Gasteiger partial charge in [-0.2, -0.15) is 0 Å². The summed E-state index contributed by atoms with van der Waals surface area (Å²) in [5, 5.41) is 9.07. The fourth-order valence-corrected chi connectivity index (χ4v) is 2.93. The van der Waals surface area contributed by atoms with Crippen LogP contribution < -0.4 is 0 Å². The average molecular weight is 168 g/mol. The third-order valence-corrected chi connectivity index (χ3v) is 4.09. The topological polar surface area (TPSA) is 37.3 Å². The molecular formula is C10H16O2. The van der Waals surface area contributed by atoms with Gasteiger partial charge in [-0.15, -0.1) is 0 Å². The lowest BCUT2D eigenvalue weighted by atomic mass is 9.45. The number of fused-ring (bicyclic) bond motifs is 2. The molecule has 0 saturated heterocycles. The van der Waals surface area contributed by atoms with Crippen molar-refractivity contribution in [1.29, 1.82) is 0 Å². The van der Waals surface area contributed by atoms with Gasteiger partial charge in [-0.05, 0) is 23.7 Å². The van der Waals surface area contributed by atoms with Crippen LogP contribution in [0.15, 0.2) is 0 Å².